The van der Waals surface area contributed by atoms with Gasteiger partial charge in [-0.15, -0.1) is 0 Å². The molecule has 5 heteroatoms. The molecule has 1 atom stereocenters. The molecule has 0 aliphatic carbocycles. The predicted molar refractivity (Wildman–Crippen MR) is 106 cm³/mol. The molecule has 1 N–H and O–H groups in total. The Morgan fingerprint density at radius 1 is 1.07 bits per heavy atom. The lowest BCUT2D eigenvalue weighted by Crippen LogP contribution is -2.34. The minimum atomic E-state index is -0.445. The van der Waals surface area contributed by atoms with Crippen molar-refractivity contribution in [2.24, 2.45) is 0 Å². The minimum Gasteiger partial charge on any atom is -0.350 e. The number of hydrogen-bond donors (Lipinski definition) is 1. The molecule has 0 spiro atoms. The van der Waals surface area contributed by atoms with Crippen molar-refractivity contribution in [3.8, 4) is 5.69 Å². The van der Waals surface area contributed by atoms with Gasteiger partial charge in [0, 0.05) is 24.2 Å². The molecule has 1 aromatic heterocycles. The van der Waals surface area contributed by atoms with E-state index >= 15 is 0 Å². The average molecular weight is 361 g/mol. The summed E-state index contributed by atoms with van der Waals surface area (Å²) in [5.41, 5.74) is 2.19. The topological polar surface area (TPSA) is 64.0 Å². The molecular formula is C22H23N3O2. The van der Waals surface area contributed by atoms with E-state index in [4.69, 9.17) is 0 Å². The van der Waals surface area contributed by atoms with Gasteiger partial charge < -0.3 is 5.32 Å². The Bertz CT molecular complexity index is 966. The monoisotopic (exact) mass is 361 g/mol. The van der Waals surface area contributed by atoms with E-state index in [9.17, 15) is 9.59 Å². The zero-order valence-electron chi connectivity index (χ0n) is 15.6. The fourth-order valence-corrected chi connectivity index (χ4v) is 3.06. The highest BCUT2D eigenvalue weighted by molar-refractivity contribution is 5.92. The molecule has 0 aliphatic rings. The highest BCUT2D eigenvalue weighted by Crippen LogP contribution is 2.18. The number of amides is 1. The zero-order valence-corrected chi connectivity index (χ0v) is 15.6. The fourth-order valence-electron chi connectivity index (χ4n) is 3.06. The molecule has 3 rings (SSSR count). The van der Waals surface area contributed by atoms with E-state index in [0.717, 1.165) is 12.1 Å². The first kappa shape index (κ1) is 18.6. The van der Waals surface area contributed by atoms with Gasteiger partial charge in [-0.1, -0.05) is 55.5 Å². The molecule has 1 amide bonds. The highest BCUT2D eigenvalue weighted by atomic mass is 16.2. The Morgan fingerprint density at radius 2 is 1.70 bits per heavy atom. The molecule has 0 radical (unpaired) electrons. The van der Waals surface area contributed by atoms with Crippen molar-refractivity contribution in [3.05, 3.63) is 93.9 Å². The second-order valence-electron chi connectivity index (χ2n) is 6.47. The third-order valence-electron chi connectivity index (χ3n) is 4.60. The number of aryl methyl sites for hydroxylation is 1. The lowest BCUT2D eigenvalue weighted by molar-refractivity contribution is 0.0943. The summed E-state index contributed by atoms with van der Waals surface area (Å²) in [6, 6.07) is 20.9. The highest BCUT2D eigenvalue weighted by Gasteiger charge is 2.17. The first-order valence-corrected chi connectivity index (χ1v) is 9.09. The van der Waals surface area contributed by atoms with Crippen LogP contribution in [0.1, 0.15) is 41.0 Å². The van der Waals surface area contributed by atoms with Crippen molar-refractivity contribution < 1.29 is 4.79 Å². The summed E-state index contributed by atoms with van der Waals surface area (Å²) in [5.74, 6) is -0.254. The third-order valence-corrected chi connectivity index (χ3v) is 4.60. The third kappa shape index (κ3) is 4.31. The molecule has 1 unspecified atom stereocenters. The van der Waals surface area contributed by atoms with Crippen molar-refractivity contribution in [1.29, 1.82) is 0 Å². The van der Waals surface area contributed by atoms with Gasteiger partial charge in [-0.25, -0.2) is 4.68 Å². The van der Waals surface area contributed by atoms with Crippen molar-refractivity contribution in [2.75, 3.05) is 6.54 Å². The predicted octanol–water partition coefficient (Wildman–Crippen LogP) is 3.46. The quantitative estimate of drug-likeness (QED) is 0.731. The summed E-state index contributed by atoms with van der Waals surface area (Å²) in [7, 11) is 0. The van der Waals surface area contributed by atoms with Gasteiger partial charge >= 0.3 is 0 Å². The number of benzene rings is 2. The van der Waals surface area contributed by atoms with Gasteiger partial charge in [0.2, 0.25) is 5.43 Å². The van der Waals surface area contributed by atoms with Crippen molar-refractivity contribution >= 4 is 5.91 Å². The van der Waals surface area contributed by atoms with Gasteiger partial charge in [-0.3, -0.25) is 9.59 Å². The molecule has 27 heavy (non-hydrogen) atoms. The van der Waals surface area contributed by atoms with E-state index in [1.807, 2.05) is 60.7 Å². The van der Waals surface area contributed by atoms with E-state index in [1.54, 1.807) is 11.6 Å². The molecule has 2 aromatic carbocycles. The standard InChI is InChI=1S/C22H23N3O2/c1-3-17(18-10-6-4-7-11-18)15-23-22(27)21-20(26)14-16(2)25(24-21)19-12-8-5-9-13-19/h4-14,17H,3,15H2,1-2H3,(H,23,27). The van der Waals surface area contributed by atoms with Gasteiger partial charge in [0.05, 0.1) is 5.69 Å². The Kier molecular flexibility index (Phi) is 5.81. The van der Waals surface area contributed by atoms with E-state index < -0.39 is 5.91 Å². The number of carbonyl (C=O) groups excluding carboxylic acids is 1. The van der Waals surface area contributed by atoms with Crippen LogP contribution in [0.25, 0.3) is 5.69 Å². The van der Waals surface area contributed by atoms with Gasteiger partial charge in [0.25, 0.3) is 5.91 Å². The van der Waals surface area contributed by atoms with Crippen LogP contribution in [0.5, 0.6) is 0 Å². The number of para-hydroxylation sites is 1. The Hall–Kier alpha value is -3.21. The van der Waals surface area contributed by atoms with Crippen molar-refractivity contribution in [2.45, 2.75) is 26.2 Å². The van der Waals surface area contributed by atoms with Crippen LogP contribution in [0, 0.1) is 6.92 Å². The van der Waals surface area contributed by atoms with Crippen LogP contribution >= 0.6 is 0 Å². The van der Waals surface area contributed by atoms with Gasteiger partial charge in [0.1, 0.15) is 0 Å². The minimum absolute atomic E-state index is 0.0904. The molecular weight excluding hydrogens is 338 g/mol. The van der Waals surface area contributed by atoms with E-state index in [-0.39, 0.29) is 17.0 Å². The van der Waals surface area contributed by atoms with Crippen LogP contribution in [-0.2, 0) is 0 Å². The second kappa shape index (κ2) is 8.45. The Balaban J connectivity index is 1.81. The molecule has 0 fully saturated rings. The summed E-state index contributed by atoms with van der Waals surface area (Å²) in [6.07, 6.45) is 0.889. The number of carbonyl (C=O) groups is 1. The van der Waals surface area contributed by atoms with Gasteiger partial charge in [0.15, 0.2) is 5.69 Å². The Labute approximate surface area is 158 Å². The maximum atomic E-state index is 12.6. The van der Waals surface area contributed by atoms with Crippen molar-refractivity contribution in [3.63, 3.8) is 0 Å². The molecule has 138 valence electrons. The maximum absolute atomic E-state index is 12.6. The van der Waals surface area contributed by atoms with Gasteiger partial charge in [-0.2, -0.15) is 5.10 Å². The number of nitrogens with one attached hydrogen (secondary N) is 1. The largest absolute Gasteiger partial charge is 0.350 e. The van der Waals surface area contributed by atoms with Crippen molar-refractivity contribution in [1.82, 2.24) is 15.1 Å². The van der Waals surface area contributed by atoms with Crippen LogP contribution in [0.15, 0.2) is 71.5 Å². The van der Waals surface area contributed by atoms with Crippen LogP contribution < -0.4 is 10.7 Å². The van der Waals surface area contributed by atoms with Crippen LogP contribution in [-0.4, -0.2) is 22.2 Å². The van der Waals surface area contributed by atoms with Crippen LogP contribution in [0.4, 0.5) is 0 Å². The zero-order chi connectivity index (χ0) is 19.2. The smallest absolute Gasteiger partial charge is 0.275 e. The summed E-state index contributed by atoms with van der Waals surface area (Å²) < 4.78 is 1.62. The molecule has 1 heterocycles. The van der Waals surface area contributed by atoms with E-state index in [2.05, 4.69) is 17.3 Å². The maximum Gasteiger partial charge on any atom is 0.275 e. The number of hydrogen-bond acceptors (Lipinski definition) is 3. The molecule has 3 aromatic rings. The van der Waals surface area contributed by atoms with Crippen LogP contribution in [0.2, 0.25) is 0 Å². The number of nitrogens with zero attached hydrogens (tertiary/aromatic N) is 2. The SMILES string of the molecule is CCC(CNC(=O)c1nn(-c2ccccc2)c(C)cc1=O)c1ccccc1. The summed E-state index contributed by atoms with van der Waals surface area (Å²) in [4.78, 5) is 24.9. The molecule has 0 bridgehead atoms. The second-order valence-corrected chi connectivity index (χ2v) is 6.47. The lowest BCUT2D eigenvalue weighted by atomic mass is 9.96. The Morgan fingerprint density at radius 3 is 2.33 bits per heavy atom. The number of rotatable bonds is 6. The molecule has 5 nitrogen and oxygen atoms in total. The summed E-state index contributed by atoms with van der Waals surface area (Å²) in [6.45, 7) is 4.33. The van der Waals surface area contributed by atoms with E-state index in [0.29, 0.717) is 12.2 Å². The first-order chi connectivity index (χ1) is 13.1. The average Bonchev–Trinajstić information content (AvgIpc) is 2.70. The fraction of sp³-hybridized carbons (Fsp3) is 0.227. The first-order valence-electron chi connectivity index (χ1n) is 9.09. The summed E-state index contributed by atoms with van der Waals surface area (Å²) in [5, 5.41) is 7.18. The number of aromatic nitrogens is 2. The van der Waals surface area contributed by atoms with E-state index in [1.165, 1.54) is 11.6 Å². The lowest BCUT2D eigenvalue weighted by Gasteiger charge is -2.16. The van der Waals surface area contributed by atoms with Gasteiger partial charge in [-0.05, 0) is 31.0 Å². The molecule has 0 saturated carbocycles. The molecule has 0 saturated heterocycles. The van der Waals surface area contributed by atoms with Crippen LogP contribution in [0.3, 0.4) is 0 Å². The normalized spacial score (nSPS) is 11.8. The molecule has 0 aliphatic heterocycles. The summed E-state index contributed by atoms with van der Waals surface area (Å²) >= 11 is 0.